The van der Waals surface area contributed by atoms with E-state index < -0.39 is 0 Å². The minimum atomic E-state index is 0.0501. The molecule has 0 saturated carbocycles. The summed E-state index contributed by atoms with van der Waals surface area (Å²) in [4.78, 5) is 16.4. The molecule has 2 heterocycles. The number of rotatable bonds is 3. The van der Waals surface area contributed by atoms with Gasteiger partial charge in [0.15, 0.2) is 0 Å². The smallest absolute Gasteiger partial charge is 0.224 e. The Hall–Kier alpha value is -2.10. The number of nitrogens with one attached hydrogen (secondary N) is 2. The Morgan fingerprint density at radius 3 is 3.00 bits per heavy atom. The fourth-order valence-corrected chi connectivity index (χ4v) is 2.86. The Balaban J connectivity index is 1.79. The molecule has 4 heteroatoms. The Labute approximate surface area is 125 Å². The molecule has 4 nitrogen and oxygen atoms in total. The molecule has 1 aromatic carbocycles. The van der Waals surface area contributed by atoms with Gasteiger partial charge in [0.2, 0.25) is 5.91 Å². The SMILES string of the molecule is Cc1ccc2c(C)cc(NCC3CCCNC3=O)nc2c1. The van der Waals surface area contributed by atoms with E-state index in [4.69, 9.17) is 0 Å². The van der Waals surface area contributed by atoms with Crippen LogP contribution in [0.3, 0.4) is 0 Å². The maximum atomic E-state index is 11.8. The number of benzene rings is 1. The van der Waals surface area contributed by atoms with Gasteiger partial charge in [-0.05, 0) is 49.9 Å². The van der Waals surface area contributed by atoms with E-state index in [1.807, 2.05) is 0 Å². The van der Waals surface area contributed by atoms with E-state index in [0.717, 1.165) is 30.7 Å². The van der Waals surface area contributed by atoms with Gasteiger partial charge in [0, 0.05) is 18.5 Å². The summed E-state index contributed by atoms with van der Waals surface area (Å²) >= 11 is 0. The number of fused-ring (bicyclic) bond motifs is 1. The van der Waals surface area contributed by atoms with Crippen molar-refractivity contribution in [1.29, 1.82) is 0 Å². The number of aryl methyl sites for hydroxylation is 2. The van der Waals surface area contributed by atoms with Crippen molar-refractivity contribution in [2.75, 3.05) is 18.4 Å². The summed E-state index contributed by atoms with van der Waals surface area (Å²) in [6, 6.07) is 8.38. The third kappa shape index (κ3) is 2.99. The van der Waals surface area contributed by atoms with Crippen molar-refractivity contribution >= 4 is 22.6 Å². The van der Waals surface area contributed by atoms with Crippen LogP contribution in [-0.4, -0.2) is 24.0 Å². The van der Waals surface area contributed by atoms with E-state index >= 15 is 0 Å². The largest absolute Gasteiger partial charge is 0.369 e. The third-order valence-electron chi connectivity index (χ3n) is 4.10. The summed E-state index contributed by atoms with van der Waals surface area (Å²) in [5.41, 5.74) is 3.42. The zero-order chi connectivity index (χ0) is 14.8. The number of hydrogen-bond donors (Lipinski definition) is 2. The molecule has 21 heavy (non-hydrogen) atoms. The summed E-state index contributed by atoms with van der Waals surface area (Å²) in [7, 11) is 0. The monoisotopic (exact) mass is 283 g/mol. The molecule has 2 N–H and O–H groups in total. The van der Waals surface area contributed by atoms with E-state index in [-0.39, 0.29) is 11.8 Å². The lowest BCUT2D eigenvalue weighted by atomic mass is 9.99. The second-order valence-electron chi connectivity index (χ2n) is 5.86. The quantitative estimate of drug-likeness (QED) is 0.910. The average molecular weight is 283 g/mol. The van der Waals surface area contributed by atoms with Gasteiger partial charge >= 0.3 is 0 Å². The third-order valence-corrected chi connectivity index (χ3v) is 4.10. The number of pyridine rings is 1. The van der Waals surface area contributed by atoms with Crippen LogP contribution in [0.2, 0.25) is 0 Å². The normalized spacial score (nSPS) is 18.6. The highest BCUT2D eigenvalue weighted by Crippen LogP contribution is 2.22. The number of anilines is 1. The Morgan fingerprint density at radius 2 is 2.19 bits per heavy atom. The van der Waals surface area contributed by atoms with E-state index in [1.54, 1.807) is 0 Å². The number of piperidine rings is 1. The Kier molecular flexibility index (Phi) is 3.78. The van der Waals surface area contributed by atoms with Crippen LogP contribution in [0.1, 0.15) is 24.0 Å². The van der Waals surface area contributed by atoms with Gasteiger partial charge in [-0.2, -0.15) is 0 Å². The fraction of sp³-hybridized carbons (Fsp3) is 0.412. The maximum absolute atomic E-state index is 11.8. The molecule has 1 fully saturated rings. The van der Waals surface area contributed by atoms with Gasteiger partial charge in [-0.15, -0.1) is 0 Å². The molecule has 0 radical (unpaired) electrons. The molecule has 0 bridgehead atoms. The van der Waals surface area contributed by atoms with Crippen LogP contribution in [0.15, 0.2) is 24.3 Å². The first-order valence-corrected chi connectivity index (χ1v) is 7.53. The molecule has 1 saturated heterocycles. The number of aromatic nitrogens is 1. The minimum Gasteiger partial charge on any atom is -0.369 e. The standard InChI is InChI=1S/C17H21N3O/c1-11-5-6-14-12(2)9-16(20-15(14)8-11)19-10-13-4-3-7-18-17(13)21/h5-6,8-9,13H,3-4,7,10H2,1-2H3,(H,18,21)(H,19,20). The lowest BCUT2D eigenvalue weighted by molar-refractivity contribution is -0.126. The first-order chi connectivity index (χ1) is 10.1. The van der Waals surface area contributed by atoms with Gasteiger partial charge in [-0.1, -0.05) is 12.1 Å². The van der Waals surface area contributed by atoms with Crippen LogP contribution in [0.5, 0.6) is 0 Å². The minimum absolute atomic E-state index is 0.0501. The second-order valence-corrected chi connectivity index (χ2v) is 5.86. The van der Waals surface area contributed by atoms with Gasteiger partial charge in [0.1, 0.15) is 5.82 Å². The number of amides is 1. The van der Waals surface area contributed by atoms with Crippen LogP contribution >= 0.6 is 0 Å². The molecule has 1 aromatic heterocycles. The molecule has 0 spiro atoms. The van der Waals surface area contributed by atoms with Crippen molar-refractivity contribution in [2.45, 2.75) is 26.7 Å². The van der Waals surface area contributed by atoms with Crippen molar-refractivity contribution in [3.8, 4) is 0 Å². The van der Waals surface area contributed by atoms with Crippen molar-refractivity contribution < 1.29 is 4.79 Å². The maximum Gasteiger partial charge on any atom is 0.224 e. The molecule has 1 unspecified atom stereocenters. The number of hydrogen-bond acceptors (Lipinski definition) is 3. The second kappa shape index (κ2) is 5.72. The first kappa shape index (κ1) is 13.9. The molecule has 1 amide bonds. The highest BCUT2D eigenvalue weighted by molar-refractivity contribution is 5.84. The van der Waals surface area contributed by atoms with Gasteiger partial charge in [0.25, 0.3) is 0 Å². The highest BCUT2D eigenvalue weighted by Gasteiger charge is 2.21. The van der Waals surface area contributed by atoms with E-state index in [1.165, 1.54) is 16.5 Å². The summed E-state index contributed by atoms with van der Waals surface area (Å²) < 4.78 is 0. The zero-order valence-corrected chi connectivity index (χ0v) is 12.6. The van der Waals surface area contributed by atoms with Gasteiger partial charge < -0.3 is 10.6 Å². The summed E-state index contributed by atoms with van der Waals surface area (Å²) in [6.45, 7) is 5.62. The van der Waals surface area contributed by atoms with Crippen LogP contribution in [-0.2, 0) is 4.79 Å². The number of carbonyl (C=O) groups is 1. The van der Waals surface area contributed by atoms with Crippen molar-refractivity contribution in [1.82, 2.24) is 10.3 Å². The van der Waals surface area contributed by atoms with Crippen LogP contribution < -0.4 is 10.6 Å². The topological polar surface area (TPSA) is 54.0 Å². The predicted molar refractivity (Wildman–Crippen MR) is 85.4 cm³/mol. The molecule has 1 aliphatic heterocycles. The van der Waals surface area contributed by atoms with Crippen LogP contribution in [0.25, 0.3) is 10.9 Å². The lowest BCUT2D eigenvalue weighted by Crippen LogP contribution is -2.39. The molecule has 2 aromatic rings. The van der Waals surface area contributed by atoms with E-state index in [0.29, 0.717) is 6.54 Å². The molecule has 0 aliphatic carbocycles. The van der Waals surface area contributed by atoms with Crippen molar-refractivity contribution in [3.63, 3.8) is 0 Å². The van der Waals surface area contributed by atoms with Gasteiger partial charge in [-0.25, -0.2) is 4.98 Å². The highest BCUT2D eigenvalue weighted by atomic mass is 16.1. The predicted octanol–water partition coefficient (Wildman–Crippen LogP) is 2.79. The van der Waals surface area contributed by atoms with E-state index in [9.17, 15) is 4.79 Å². The van der Waals surface area contributed by atoms with Crippen LogP contribution in [0.4, 0.5) is 5.82 Å². The summed E-state index contributed by atoms with van der Waals surface area (Å²) in [6.07, 6.45) is 2.01. The zero-order valence-electron chi connectivity index (χ0n) is 12.6. The van der Waals surface area contributed by atoms with Gasteiger partial charge in [0.05, 0.1) is 11.4 Å². The Morgan fingerprint density at radius 1 is 1.33 bits per heavy atom. The fourth-order valence-electron chi connectivity index (χ4n) is 2.86. The molecular weight excluding hydrogens is 262 g/mol. The molecule has 1 aliphatic rings. The summed E-state index contributed by atoms with van der Waals surface area (Å²) in [5, 5.41) is 7.42. The average Bonchev–Trinajstić information content (AvgIpc) is 2.46. The Bertz CT molecular complexity index is 681. The van der Waals surface area contributed by atoms with Crippen molar-refractivity contribution in [3.05, 3.63) is 35.4 Å². The van der Waals surface area contributed by atoms with Crippen molar-refractivity contribution in [2.24, 2.45) is 5.92 Å². The number of carbonyl (C=O) groups excluding carboxylic acids is 1. The first-order valence-electron chi connectivity index (χ1n) is 7.53. The lowest BCUT2D eigenvalue weighted by Gasteiger charge is -2.22. The summed E-state index contributed by atoms with van der Waals surface area (Å²) in [5.74, 6) is 1.06. The molecular formula is C17H21N3O. The van der Waals surface area contributed by atoms with Crippen LogP contribution in [0, 0.1) is 19.8 Å². The molecule has 3 rings (SSSR count). The van der Waals surface area contributed by atoms with E-state index in [2.05, 4.69) is 53.7 Å². The molecule has 1 atom stereocenters. The van der Waals surface area contributed by atoms with Gasteiger partial charge in [-0.3, -0.25) is 4.79 Å². The number of nitrogens with zero attached hydrogens (tertiary/aromatic N) is 1. The molecule has 110 valence electrons.